The number of hydrogen-bond donors (Lipinski definition) is 1. The smallest absolute Gasteiger partial charge is 0.256 e. The Balaban J connectivity index is 1.95. The highest BCUT2D eigenvalue weighted by molar-refractivity contribution is 6.03. The van der Waals surface area contributed by atoms with Crippen LogP contribution in [-0.2, 0) is 6.42 Å². The monoisotopic (exact) mass is 364 g/mol. The van der Waals surface area contributed by atoms with E-state index in [-0.39, 0.29) is 29.4 Å². The first kappa shape index (κ1) is 18.4. The van der Waals surface area contributed by atoms with Crippen molar-refractivity contribution in [2.24, 2.45) is 0 Å². The summed E-state index contributed by atoms with van der Waals surface area (Å²) in [5, 5.41) is 6.63. The van der Waals surface area contributed by atoms with Crippen molar-refractivity contribution in [1.82, 2.24) is 10.5 Å². The fourth-order valence-electron chi connectivity index (χ4n) is 2.74. The van der Waals surface area contributed by atoms with Crippen LogP contribution in [0.4, 0.5) is 0 Å². The molecule has 0 fully saturated rings. The van der Waals surface area contributed by atoms with Gasteiger partial charge in [-0.05, 0) is 31.2 Å². The molecule has 0 aliphatic heterocycles. The first-order valence-corrected chi connectivity index (χ1v) is 8.48. The Kier molecular flexibility index (Phi) is 5.35. The summed E-state index contributed by atoms with van der Waals surface area (Å²) in [5.74, 6) is 0.440. The first-order chi connectivity index (χ1) is 13.0. The molecule has 3 rings (SSSR count). The van der Waals surface area contributed by atoms with Crippen molar-refractivity contribution in [2.75, 3.05) is 14.2 Å². The van der Waals surface area contributed by atoms with E-state index in [1.54, 1.807) is 43.5 Å². The van der Waals surface area contributed by atoms with Crippen LogP contribution in [0.3, 0.4) is 0 Å². The van der Waals surface area contributed by atoms with Gasteiger partial charge in [-0.2, -0.15) is 0 Å². The number of nitrogens with zero attached hydrogens (tertiary/aromatic N) is 1. The zero-order valence-corrected chi connectivity index (χ0v) is 15.4. The molecule has 0 unspecified atom stereocenters. The summed E-state index contributed by atoms with van der Waals surface area (Å²) in [6.07, 6.45) is -0.0467. The Morgan fingerprint density at radius 3 is 2.33 bits per heavy atom. The molecule has 1 aromatic heterocycles. The Morgan fingerprint density at radius 1 is 1.07 bits per heavy atom. The molecule has 27 heavy (non-hydrogen) atoms. The van der Waals surface area contributed by atoms with Crippen LogP contribution in [0, 0.1) is 6.92 Å². The summed E-state index contributed by atoms with van der Waals surface area (Å²) in [5.41, 5.74) is 2.99. The van der Waals surface area contributed by atoms with E-state index in [4.69, 9.17) is 9.26 Å². The van der Waals surface area contributed by atoms with E-state index in [1.807, 2.05) is 19.1 Å². The number of aromatic nitrogens is 1. The third kappa shape index (κ3) is 3.89. The van der Waals surface area contributed by atoms with E-state index >= 15 is 0 Å². The van der Waals surface area contributed by atoms with Gasteiger partial charge in [0.1, 0.15) is 17.0 Å². The van der Waals surface area contributed by atoms with Gasteiger partial charge in [-0.15, -0.1) is 0 Å². The Labute approximate surface area is 157 Å². The van der Waals surface area contributed by atoms with Crippen LogP contribution in [0.1, 0.15) is 32.0 Å². The van der Waals surface area contributed by atoms with Crippen molar-refractivity contribution in [3.8, 4) is 17.0 Å². The van der Waals surface area contributed by atoms with Crippen molar-refractivity contribution >= 4 is 11.7 Å². The molecule has 1 N–H and O–H groups in total. The van der Waals surface area contributed by atoms with Gasteiger partial charge in [0.2, 0.25) is 0 Å². The molecule has 2 aromatic carbocycles. The fourth-order valence-corrected chi connectivity index (χ4v) is 2.74. The number of carbonyl (C=O) groups excluding carboxylic acids is 2. The first-order valence-electron chi connectivity index (χ1n) is 8.48. The second-order valence-electron chi connectivity index (χ2n) is 6.10. The molecule has 138 valence electrons. The minimum Gasteiger partial charge on any atom is -0.497 e. The average molecular weight is 364 g/mol. The molecule has 0 bridgehead atoms. The van der Waals surface area contributed by atoms with Crippen molar-refractivity contribution in [2.45, 2.75) is 13.3 Å². The third-order valence-corrected chi connectivity index (χ3v) is 4.28. The third-order valence-electron chi connectivity index (χ3n) is 4.28. The van der Waals surface area contributed by atoms with Crippen LogP contribution in [0.25, 0.3) is 11.3 Å². The van der Waals surface area contributed by atoms with Gasteiger partial charge in [-0.1, -0.05) is 35.0 Å². The Bertz CT molecular complexity index is 957. The maximum absolute atomic E-state index is 12.6. The van der Waals surface area contributed by atoms with E-state index in [2.05, 4.69) is 10.5 Å². The minimum atomic E-state index is -0.353. The van der Waals surface area contributed by atoms with Crippen LogP contribution in [-0.4, -0.2) is 31.0 Å². The molecule has 0 atom stereocenters. The Morgan fingerprint density at radius 2 is 1.74 bits per heavy atom. The molecule has 0 saturated heterocycles. The molecule has 0 aliphatic rings. The van der Waals surface area contributed by atoms with Crippen LogP contribution >= 0.6 is 0 Å². The summed E-state index contributed by atoms with van der Waals surface area (Å²) >= 11 is 0. The fraction of sp³-hybridized carbons (Fsp3) is 0.190. The minimum absolute atomic E-state index is 0.0467. The van der Waals surface area contributed by atoms with E-state index in [0.29, 0.717) is 22.6 Å². The molecule has 0 spiro atoms. The predicted molar refractivity (Wildman–Crippen MR) is 101 cm³/mol. The topological polar surface area (TPSA) is 81.4 Å². The summed E-state index contributed by atoms with van der Waals surface area (Å²) in [6.45, 7) is 1.95. The highest BCUT2D eigenvalue weighted by atomic mass is 16.5. The van der Waals surface area contributed by atoms with Crippen molar-refractivity contribution in [3.05, 3.63) is 71.0 Å². The number of aryl methyl sites for hydroxylation is 1. The van der Waals surface area contributed by atoms with Gasteiger partial charge in [-0.3, -0.25) is 9.59 Å². The van der Waals surface area contributed by atoms with Crippen LogP contribution < -0.4 is 10.1 Å². The van der Waals surface area contributed by atoms with Crippen molar-refractivity contribution in [3.63, 3.8) is 0 Å². The highest BCUT2D eigenvalue weighted by Gasteiger charge is 2.25. The second kappa shape index (κ2) is 7.86. The van der Waals surface area contributed by atoms with E-state index in [9.17, 15) is 9.59 Å². The van der Waals surface area contributed by atoms with Crippen LogP contribution in [0.2, 0.25) is 0 Å². The summed E-state index contributed by atoms with van der Waals surface area (Å²) < 4.78 is 10.5. The number of ketones is 1. The number of amides is 1. The number of methoxy groups -OCH3 is 1. The van der Waals surface area contributed by atoms with E-state index < -0.39 is 0 Å². The lowest BCUT2D eigenvalue weighted by Gasteiger charge is -2.05. The van der Waals surface area contributed by atoms with Gasteiger partial charge in [0.05, 0.1) is 13.5 Å². The molecule has 6 nitrogen and oxygen atoms in total. The highest BCUT2D eigenvalue weighted by Crippen LogP contribution is 2.28. The molecule has 0 saturated carbocycles. The standard InChI is InChI=1S/C21H20N2O4/c1-13-4-6-14(7-5-13)17(24)12-18-19(21(25)22-2)20(23-27-18)15-8-10-16(26-3)11-9-15/h4-11H,12H2,1-3H3,(H,22,25). The summed E-state index contributed by atoms with van der Waals surface area (Å²) in [6, 6.07) is 14.4. The number of carbonyl (C=O) groups is 2. The molecule has 3 aromatic rings. The van der Waals surface area contributed by atoms with Gasteiger partial charge in [0.25, 0.3) is 5.91 Å². The normalized spacial score (nSPS) is 10.5. The molecular weight excluding hydrogens is 344 g/mol. The SMILES string of the molecule is CNC(=O)c1c(-c2ccc(OC)cc2)noc1CC(=O)c1ccc(C)cc1. The van der Waals surface area contributed by atoms with Gasteiger partial charge >= 0.3 is 0 Å². The maximum atomic E-state index is 12.6. The number of nitrogens with one attached hydrogen (secondary N) is 1. The molecule has 1 amide bonds. The Hall–Kier alpha value is -3.41. The van der Waals surface area contributed by atoms with Crippen LogP contribution in [0.15, 0.2) is 53.1 Å². The number of Topliss-reactive ketones (excluding diaryl/α,β-unsaturated/α-hetero) is 1. The van der Waals surface area contributed by atoms with Gasteiger partial charge in [-0.25, -0.2) is 0 Å². The van der Waals surface area contributed by atoms with Gasteiger partial charge < -0.3 is 14.6 Å². The lowest BCUT2D eigenvalue weighted by Crippen LogP contribution is -2.20. The van der Waals surface area contributed by atoms with E-state index in [1.165, 1.54) is 7.05 Å². The quantitative estimate of drug-likeness (QED) is 0.678. The predicted octanol–water partition coefficient (Wildman–Crippen LogP) is 3.44. The van der Waals surface area contributed by atoms with Crippen LogP contribution in [0.5, 0.6) is 5.75 Å². The number of hydrogen-bond acceptors (Lipinski definition) is 5. The van der Waals surface area contributed by atoms with Gasteiger partial charge in [0.15, 0.2) is 11.5 Å². The number of ether oxygens (including phenoxy) is 1. The molecular formula is C21H20N2O4. The van der Waals surface area contributed by atoms with Crippen molar-refractivity contribution in [1.29, 1.82) is 0 Å². The summed E-state index contributed by atoms with van der Waals surface area (Å²) in [7, 11) is 3.11. The van der Waals surface area contributed by atoms with E-state index in [0.717, 1.165) is 5.56 Å². The zero-order chi connectivity index (χ0) is 19.4. The number of rotatable bonds is 6. The zero-order valence-electron chi connectivity index (χ0n) is 15.4. The molecule has 0 radical (unpaired) electrons. The molecule has 6 heteroatoms. The second-order valence-corrected chi connectivity index (χ2v) is 6.10. The lowest BCUT2D eigenvalue weighted by molar-refractivity contribution is 0.0960. The maximum Gasteiger partial charge on any atom is 0.256 e. The largest absolute Gasteiger partial charge is 0.497 e. The summed E-state index contributed by atoms with van der Waals surface area (Å²) in [4.78, 5) is 25.0. The molecule has 1 heterocycles. The lowest BCUT2D eigenvalue weighted by atomic mass is 10.0. The van der Waals surface area contributed by atoms with Crippen molar-refractivity contribution < 1.29 is 18.8 Å². The molecule has 0 aliphatic carbocycles. The van der Waals surface area contributed by atoms with Gasteiger partial charge in [0, 0.05) is 18.2 Å². The number of benzene rings is 2. The average Bonchev–Trinajstić information content (AvgIpc) is 3.11.